The summed E-state index contributed by atoms with van der Waals surface area (Å²) in [4.78, 5) is 2.57. The fourth-order valence-corrected chi connectivity index (χ4v) is 2.71. The molecule has 1 heterocycles. The molecule has 0 aliphatic carbocycles. The molecule has 0 amide bonds. The summed E-state index contributed by atoms with van der Waals surface area (Å²) in [7, 11) is 0. The molecule has 2 rings (SSSR count). The fraction of sp³-hybridized carbons (Fsp3) is 0.600. The zero-order chi connectivity index (χ0) is 12.4. The molecular weight excluding hydrogens is 208 g/mol. The van der Waals surface area contributed by atoms with Crippen LogP contribution >= 0.6 is 0 Å². The first-order valence-electron chi connectivity index (χ1n) is 6.65. The minimum atomic E-state index is 0.696. The van der Waals surface area contributed by atoms with Gasteiger partial charge in [0.05, 0.1) is 0 Å². The Morgan fingerprint density at radius 1 is 1.35 bits per heavy atom. The van der Waals surface area contributed by atoms with Crippen LogP contribution in [0.25, 0.3) is 0 Å². The molecule has 2 unspecified atom stereocenters. The number of likely N-dealkylation sites (tertiary alicyclic amines) is 1. The number of anilines is 1. The first-order chi connectivity index (χ1) is 8.06. The van der Waals surface area contributed by atoms with Gasteiger partial charge in [-0.3, -0.25) is 4.90 Å². The van der Waals surface area contributed by atoms with E-state index in [1.165, 1.54) is 30.5 Å². The average Bonchev–Trinajstić information content (AvgIpc) is 2.27. The van der Waals surface area contributed by atoms with Gasteiger partial charge in [-0.05, 0) is 56.3 Å². The number of hydrogen-bond acceptors (Lipinski definition) is 2. The zero-order valence-corrected chi connectivity index (χ0v) is 11.2. The van der Waals surface area contributed by atoms with Crippen molar-refractivity contribution < 1.29 is 0 Å². The highest BCUT2D eigenvalue weighted by Gasteiger charge is 2.22. The van der Waals surface area contributed by atoms with E-state index in [1.807, 2.05) is 0 Å². The van der Waals surface area contributed by atoms with Crippen molar-refractivity contribution in [2.45, 2.75) is 46.2 Å². The van der Waals surface area contributed by atoms with Gasteiger partial charge in [0, 0.05) is 18.3 Å². The number of rotatable bonds is 2. The predicted octanol–water partition coefficient (Wildman–Crippen LogP) is 3.20. The van der Waals surface area contributed by atoms with Crippen LogP contribution in [0.4, 0.5) is 5.69 Å². The summed E-state index contributed by atoms with van der Waals surface area (Å²) >= 11 is 0. The molecule has 17 heavy (non-hydrogen) atoms. The maximum Gasteiger partial charge on any atom is 0.0346 e. The van der Waals surface area contributed by atoms with E-state index in [1.54, 1.807) is 0 Å². The normalized spacial score (nSPS) is 26.1. The highest BCUT2D eigenvalue weighted by atomic mass is 15.2. The standard InChI is InChI=1S/C15H24N2/c1-11-6-7-17(13(3)8-11)10-14-5-4-12(2)15(16)9-14/h4-5,9,11,13H,6-8,10,16H2,1-3H3. The molecule has 94 valence electrons. The number of nitrogens with zero attached hydrogens (tertiary/aromatic N) is 1. The number of aryl methyl sites for hydroxylation is 1. The first-order valence-corrected chi connectivity index (χ1v) is 6.65. The van der Waals surface area contributed by atoms with E-state index < -0.39 is 0 Å². The molecule has 0 saturated carbocycles. The van der Waals surface area contributed by atoms with Crippen molar-refractivity contribution in [1.82, 2.24) is 4.90 Å². The molecule has 1 aromatic rings. The highest BCUT2D eigenvalue weighted by Crippen LogP contribution is 2.24. The molecule has 1 saturated heterocycles. The molecule has 0 spiro atoms. The molecule has 0 aromatic heterocycles. The molecule has 0 radical (unpaired) electrons. The number of hydrogen-bond donors (Lipinski definition) is 1. The van der Waals surface area contributed by atoms with Crippen molar-refractivity contribution in [3.05, 3.63) is 29.3 Å². The lowest BCUT2D eigenvalue weighted by atomic mass is 9.93. The summed E-state index contributed by atoms with van der Waals surface area (Å²) in [5.74, 6) is 0.879. The molecule has 1 aliphatic heterocycles. The molecule has 2 N–H and O–H groups in total. The Bertz CT molecular complexity index is 387. The van der Waals surface area contributed by atoms with Crippen molar-refractivity contribution in [3.8, 4) is 0 Å². The Hall–Kier alpha value is -1.02. The lowest BCUT2D eigenvalue weighted by Crippen LogP contribution is -2.39. The summed E-state index contributed by atoms with van der Waals surface area (Å²) in [6, 6.07) is 7.15. The number of piperidine rings is 1. The summed E-state index contributed by atoms with van der Waals surface area (Å²) in [6.45, 7) is 9.02. The lowest BCUT2D eigenvalue weighted by Gasteiger charge is -2.36. The summed E-state index contributed by atoms with van der Waals surface area (Å²) < 4.78 is 0. The second-order valence-electron chi connectivity index (χ2n) is 5.64. The zero-order valence-electron chi connectivity index (χ0n) is 11.2. The highest BCUT2D eigenvalue weighted by molar-refractivity contribution is 5.48. The third-order valence-electron chi connectivity index (χ3n) is 4.01. The van der Waals surface area contributed by atoms with Crippen LogP contribution in [0.2, 0.25) is 0 Å². The van der Waals surface area contributed by atoms with E-state index in [0.717, 1.165) is 18.2 Å². The Morgan fingerprint density at radius 2 is 2.12 bits per heavy atom. The number of benzene rings is 1. The van der Waals surface area contributed by atoms with E-state index in [-0.39, 0.29) is 0 Å². The van der Waals surface area contributed by atoms with Gasteiger partial charge < -0.3 is 5.73 Å². The Labute approximate surface area is 105 Å². The third-order valence-corrected chi connectivity index (χ3v) is 4.01. The molecule has 2 heteroatoms. The first kappa shape index (κ1) is 12.4. The van der Waals surface area contributed by atoms with Gasteiger partial charge >= 0.3 is 0 Å². The summed E-state index contributed by atoms with van der Waals surface area (Å²) in [5, 5.41) is 0. The Balaban J connectivity index is 2.02. The van der Waals surface area contributed by atoms with Gasteiger partial charge in [0.15, 0.2) is 0 Å². The number of nitrogen functional groups attached to an aromatic ring is 1. The van der Waals surface area contributed by atoms with Crippen molar-refractivity contribution in [2.75, 3.05) is 12.3 Å². The molecule has 1 aliphatic rings. The van der Waals surface area contributed by atoms with Crippen LogP contribution in [0.15, 0.2) is 18.2 Å². The summed E-state index contributed by atoms with van der Waals surface area (Å²) in [6.07, 6.45) is 2.65. The second-order valence-corrected chi connectivity index (χ2v) is 5.64. The molecule has 2 atom stereocenters. The lowest BCUT2D eigenvalue weighted by molar-refractivity contribution is 0.122. The van der Waals surface area contributed by atoms with Crippen LogP contribution in [-0.2, 0) is 6.54 Å². The van der Waals surface area contributed by atoms with Gasteiger partial charge in [-0.1, -0.05) is 19.1 Å². The average molecular weight is 232 g/mol. The van der Waals surface area contributed by atoms with Crippen LogP contribution in [0.1, 0.15) is 37.8 Å². The molecule has 2 nitrogen and oxygen atoms in total. The van der Waals surface area contributed by atoms with Gasteiger partial charge in [-0.2, -0.15) is 0 Å². The van der Waals surface area contributed by atoms with E-state index in [0.29, 0.717) is 6.04 Å². The molecule has 1 fully saturated rings. The van der Waals surface area contributed by atoms with E-state index in [9.17, 15) is 0 Å². The minimum Gasteiger partial charge on any atom is -0.399 e. The largest absolute Gasteiger partial charge is 0.399 e. The quantitative estimate of drug-likeness (QED) is 0.793. The van der Waals surface area contributed by atoms with Crippen molar-refractivity contribution >= 4 is 5.69 Å². The van der Waals surface area contributed by atoms with Crippen molar-refractivity contribution in [1.29, 1.82) is 0 Å². The van der Waals surface area contributed by atoms with E-state index in [4.69, 9.17) is 5.73 Å². The van der Waals surface area contributed by atoms with Gasteiger partial charge in [-0.25, -0.2) is 0 Å². The fourth-order valence-electron chi connectivity index (χ4n) is 2.71. The molecule has 0 bridgehead atoms. The van der Waals surface area contributed by atoms with Crippen LogP contribution < -0.4 is 5.73 Å². The monoisotopic (exact) mass is 232 g/mol. The van der Waals surface area contributed by atoms with E-state index >= 15 is 0 Å². The van der Waals surface area contributed by atoms with Gasteiger partial charge in [0.2, 0.25) is 0 Å². The van der Waals surface area contributed by atoms with Crippen LogP contribution in [0, 0.1) is 12.8 Å². The van der Waals surface area contributed by atoms with Gasteiger partial charge in [0.25, 0.3) is 0 Å². The van der Waals surface area contributed by atoms with E-state index in [2.05, 4.69) is 43.9 Å². The molecule has 1 aromatic carbocycles. The minimum absolute atomic E-state index is 0.696. The van der Waals surface area contributed by atoms with Crippen LogP contribution in [0.5, 0.6) is 0 Å². The third kappa shape index (κ3) is 3.01. The molecular formula is C15H24N2. The maximum absolute atomic E-state index is 5.96. The predicted molar refractivity (Wildman–Crippen MR) is 73.9 cm³/mol. The van der Waals surface area contributed by atoms with Crippen molar-refractivity contribution in [2.24, 2.45) is 5.92 Å². The van der Waals surface area contributed by atoms with Gasteiger partial charge in [-0.15, -0.1) is 0 Å². The number of nitrogens with two attached hydrogens (primary N) is 1. The van der Waals surface area contributed by atoms with Crippen LogP contribution in [0.3, 0.4) is 0 Å². The Morgan fingerprint density at radius 3 is 2.76 bits per heavy atom. The Kier molecular flexibility index (Phi) is 3.72. The topological polar surface area (TPSA) is 29.3 Å². The smallest absolute Gasteiger partial charge is 0.0346 e. The SMILES string of the molecule is Cc1ccc(CN2CCC(C)CC2C)cc1N. The van der Waals surface area contributed by atoms with Crippen molar-refractivity contribution in [3.63, 3.8) is 0 Å². The maximum atomic E-state index is 5.96. The van der Waals surface area contributed by atoms with Crippen LogP contribution in [-0.4, -0.2) is 17.5 Å². The second kappa shape index (κ2) is 5.09. The summed E-state index contributed by atoms with van der Waals surface area (Å²) in [5.41, 5.74) is 9.40. The van der Waals surface area contributed by atoms with Gasteiger partial charge in [0.1, 0.15) is 0 Å².